The zero-order valence-electron chi connectivity index (χ0n) is 12.2. The molecule has 0 fully saturated rings. The van der Waals surface area contributed by atoms with Gasteiger partial charge in [-0.1, -0.05) is 29.8 Å². The van der Waals surface area contributed by atoms with Crippen LogP contribution in [0.5, 0.6) is 5.75 Å². The molecule has 0 atom stereocenters. The van der Waals surface area contributed by atoms with Crippen LogP contribution in [0, 0.1) is 10.1 Å². The molecule has 0 aliphatic heterocycles. The van der Waals surface area contributed by atoms with E-state index >= 15 is 0 Å². The van der Waals surface area contributed by atoms with Gasteiger partial charge in [-0.25, -0.2) is 0 Å². The Morgan fingerprint density at radius 1 is 1.30 bits per heavy atom. The van der Waals surface area contributed by atoms with Crippen molar-refractivity contribution in [1.29, 1.82) is 0 Å². The molecule has 2 rings (SSSR count). The average molecular weight is 333 g/mol. The molecule has 6 nitrogen and oxygen atoms in total. The molecule has 0 radical (unpaired) electrons. The van der Waals surface area contributed by atoms with Crippen molar-refractivity contribution in [3.63, 3.8) is 0 Å². The molecule has 2 aromatic rings. The number of nitrogens with zero attached hydrogens (tertiary/aromatic N) is 1. The normalized spacial score (nSPS) is 10.5. The Bertz CT molecular complexity index is 774. The van der Waals surface area contributed by atoms with Crippen LogP contribution in [-0.4, -0.2) is 17.9 Å². The lowest BCUT2D eigenvalue weighted by molar-refractivity contribution is -0.384. The average Bonchev–Trinajstić information content (AvgIpc) is 2.54. The van der Waals surface area contributed by atoms with Crippen LogP contribution in [0.2, 0.25) is 5.02 Å². The molecule has 0 aliphatic rings. The van der Waals surface area contributed by atoms with Gasteiger partial charge in [0.05, 0.1) is 17.7 Å². The maximum atomic E-state index is 11.9. The zero-order valence-corrected chi connectivity index (χ0v) is 12.9. The quantitative estimate of drug-likeness (QED) is 0.511. The maximum Gasteiger partial charge on any atom is 0.288 e. The second-order valence-corrected chi connectivity index (χ2v) is 4.90. The summed E-state index contributed by atoms with van der Waals surface area (Å²) in [6.45, 7) is 0. The number of halogens is 1. The molecule has 1 N–H and O–H groups in total. The first-order valence-electron chi connectivity index (χ1n) is 6.57. The highest BCUT2D eigenvalue weighted by molar-refractivity contribution is 6.32. The number of hydrogen-bond acceptors (Lipinski definition) is 4. The van der Waals surface area contributed by atoms with Gasteiger partial charge in [0.25, 0.3) is 5.69 Å². The summed E-state index contributed by atoms with van der Waals surface area (Å²) in [5.74, 6) is 0.156. The molecule has 0 heterocycles. The minimum atomic E-state index is -0.575. The minimum Gasteiger partial charge on any atom is -0.495 e. The lowest BCUT2D eigenvalue weighted by Gasteiger charge is -2.07. The van der Waals surface area contributed by atoms with Crippen molar-refractivity contribution in [3.05, 3.63) is 69.2 Å². The third-order valence-electron chi connectivity index (χ3n) is 2.96. The molecule has 23 heavy (non-hydrogen) atoms. The predicted octanol–water partition coefficient (Wildman–Crippen LogP) is 3.91. The summed E-state index contributed by atoms with van der Waals surface area (Å²) in [4.78, 5) is 22.2. The highest BCUT2D eigenvalue weighted by Crippen LogP contribution is 2.26. The molecule has 0 saturated heterocycles. The molecule has 0 aromatic heterocycles. The van der Waals surface area contributed by atoms with Gasteiger partial charge in [-0.05, 0) is 29.8 Å². The fourth-order valence-electron chi connectivity index (χ4n) is 1.87. The van der Waals surface area contributed by atoms with E-state index in [1.54, 1.807) is 30.3 Å². The molecule has 118 valence electrons. The van der Waals surface area contributed by atoms with Crippen molar-refractivity contribution in [3.8, 4) is 5.75 Å². The summed E-state index contributed by atoms with van der Waals surface area (Å²) in [7, 11) is 1.51. The van der Waals surface area contributed by atoms with Crippen molar-refractivity contribution >= 4 is 35.0 Å². The number of nitrogens with one attached hydrogen (secondary N) is 1. The Labute approximate surface area is 137 Å². The van der Waals surface area contributed by atoms with Gasteiger partial charge in [0.2, 0.25) is 5.91 Å². The number of nitro groups is 1. The highest BCUT2D eigenvalue weighted by Gasteiger charge is 2.11. The molecule has 0 saturated carbocycles. The van der Waals surface area contributed by atoms with Crippen LogP contribution in [0.25, 0.3) is 6.08 Å². The van der Waals surface area contributed by atoms with Crippen LogP contribution >= 0.6 is 11.6 Å². The number of benzene rings is 2. The Balaban J connectivity index is 2.12. The Kier molecular flexibility index (Phi) is 5.32. The van der Waals surface area contributed by atoms with Gasteiger partial charge in [0.15, 0.2) is 0 Å². The van der Waals surface area contributed by atoms with Gasteiger partial charge in [-0.15, -0.1) is 0 Å². The molecule has 0 aliphatic carbocycles. The van der Waals surface area contributed by atoms with Gasteiger partial charge >= 0.3 is 0 Å². The summed E-state index contributed by atoms with van der Waals surface area (Å²) in [6.07, 6.45) is 2.74. The Hall–Kier alpha value is -2.86. The van der Waals surface area contributed by atoms with Crippen LogP contribution in [0.3, 0.4) is 0 Å². The van der Waals surface area contributed by atoms with Crippen LogP contribution < -0.4 is 10.1 Å². The summed E-state index contributed by atoms with van der Waals surface area (Å²) < 4.78 is 5.14. The molecule has 2 aromatic carbocycles. The Morgan fingerprint density at radius 2 is 2.04 bits per heavy atom. The second-order valence-electron chi connectivity index (χ2n) is 4.49. The van der Waals surface area contributed by atoms with E-state index in [1.807, 2.05) is 0 Å². The van der Waals surface area contributed by atoms with E-state index in [2.05, 4.69) is 5.32 Å². The molecule has 0 spiro atoms. The van der Waals surface area contributed by atoms with Gasteiger partial charge in [-0.2, -0.15) is 0 Å². The van der Waals surface area contributed by atoms with Crippen molar-refractivity contribution in [1.82, 2.24) is 0 Å². The SMILES string of the molecule is COc1ccccc1NC(=O)/C=C/c1ccc(Cl)c([N+](=O)[O-])c1. The maximum absolute atomic E-state index is 11.9. The number of hydrogen-bond donors (Lipinski definition) is 1. The van der Waals surface area contributed by atoms with Gasteiger partial charge in [-0.3, -0.25) is 14.9 Å². The van der Waals surface area contributed by atoms with Crippen LogP contribution in [0.15, 0.2) is 48.5 Å². The minimum absolute atomic E-state index is 0.0469. The zero-order chi connectivity index (χ0) is 16.8. The first-order chi connectivity index (χ1) is 11.0. The van der Waals surface area contributed by atoms with E-state index in [-0.39, 0.29) is 16.6 Å². The number of ether oxygens (including phenoxy) is 1. The molecular formula is C16H13ClN2O4. The third-order valence-corrected chi connectivity index (χ3v) is 3.28. The van der Waals surface area contributed by atoms with Gasteiger partial charge in [0.1, 0.15) is 10.8 Å². The first kappa shape index (κ1) is 16.5. The topological polar surface area (TPSA) is 81.5 Å². The number of methoxy groups -OCH3 is 1. The smallest absolute Gasteiger partial charge is 0.288 e. The van der Waals surface area contributed by atoms with E-state index in [1.165, 1.54) is 31.4 Å². The third kappa shape index (κ3) is 4.31. The summed E-state index contributed by atoms with van der Waals surface area (Å²) >= 11 is 5.74. The van der Waals surface area contributed by atoms with Gasteiger partial charge in [0, 0.05) is 12.1 Å². The monoisotopic (exact) mass is 332 g/mol. The van der Waals surface area contributed by atoms with E-state index in [0.717, 1.165) is 0 Å². The second kappa shape index (κ2) is 7.42. The number of amides is 1. The van der Waals surface area contributed by atoms with E-state index in [9.17, 15) is 14.9 Å². The fourth-order valence-corrected chi connectivity index (χ4v) is 2.05. The largest absolute Gasteiger partial charge is 0.495 e. The van der Waals surface area contributed by atoms with Crippen LogP contribution in [0.1, 0.15) is 5.56 Å². The fraction of sp³-hybridized carbons (Fsp3) is 0.0625. The van der Waals surface area contributed by atoms with E-state index in [0.29, 0.717) is 17.0 Å². The highest BCUT2D eigenvalue weighted by atomic mass is 35.5. The number of carbonyl (C=O) groups is 1. The van der Waals surface area contributed by atoms with Crippen LogP contribution in [0.4, 0.5) is 11.4 Å². The molecule has 0 unspecified atom stereocenters. The van der Waals surface area contributed by atoms with Crippen molar-refractivity contribution in [2.75, 3.05) is 12.4 Å². The van der Waals surface area contributed by atoms with E-state index in [4.69, 9.17) is 16.3 Å². The number of para-hydroxylation sites is 2. The van der Waals surface area contributed by atoms with Crippen molar-refractivity contribution in [2.24, 2.45) is 0 Å². The van der Waals surface area contributed by atoms with Gasteiger partial charge < -0.3 is 10.1 Å². The Morgan fingerprint density at radius 3 is 2.74 bits per heavy atom. The molecular weight excluding hydrogens is 320 g/mol. The number of anilines is 1. The number of nitro benzene ring substituents is 1. The number of rotatable bonds is 5. The molecule has 0 bridgehead atoms. The predicted molar refractivity (Wildman–Crippen MR) is 88.8 cm³/mol. The standard InChI is InChI=1S/C16H13ClN2O4/c1-23-15-5-3-2-4-13(15)18-16(20)9-7-11-6-8-12(17)14(10-11)19(21)22/h2-10H,1H3,(H,18,20)/b9-7+. The lowest BCUT2D eigenvalue weighted by Crippen LogP contribution is -2.08. The van der Waals surface area contributed by atoms with Crippen molar-refractivity contribution < 1.29 is 14.5 Å². The summed E-state index contributed by atoms with van der Waals surface area (Å²) in [5, 5.41) is 13.5. The summed E-state index contributed by atoms with van der Waals surface area (Å²) in [5.41, 5.74) is 0.821. The first-order valence-corrected chi connectivity index (χ1v) is 6.95. The van der Waals surface area contributed by atoms with E-state index < -0.39 is 4.92 Å². The number of carbonyl (C=O) groups excluding carboxylic acids is 1. The molecule has 1 amide bonds. The molecule has 7 heteroatoms. The lowest BCUT2D eigenvalue weighted by atomic mass is 10.2. The van der Waals surface area contributed by atoms with Crippen molar-refractivity contribution in [2.45, 2.75) is 0 Å². The van der Waals surface area contributed by atoms with Crippen LogP contribution in [-0.2, 0) is 4.79 Å². The summed E-state index contributed by atoms with van der Waals surface area (Å²) in [6, 6.07) is 11.3.